The van der Waals surface area contributed by atoms with Gasteiger partial charge in [0.2, 0.25) is 0 Å². The van der Waals surface area contributed by atoms with Crippen molar-refractivity contribution in [3.8, 4) is 5.75 Å². The van der Waals surface area contributed by atoms with Crippen LogP contribution >= 0.6 is 0 Å². The van der Waals surface area contributed by atoms with Gasteiger partial charge in [0.15, 0.2) is 18.2 Å². The minimum atomic E-state index is -0.482. The van der Waals surface area contributed by atoms with Crippen molar-refractivity contribution in [3.05, 3.63) is 54.0 Å². The number of nitrogens with one attached hydrogen (secondary N) is 1. The molecule has 0 atom stereocenters. The average Bonchev–Trinajstić information content (AvgIpc) is 2.67. The molecule has 1 aliphatic heterocycles. The van der Waals surface area contributed by atoms with E-state index in [1.807, 2.05) is 12.1 Å². The Morgan fingerprint density at radius 1 is 1.19 bits per heavy atom. The molecular weight excluding hydrogens is 335 g/mol. The highest BCUT2D eigenvalue weighted by Crippen LogP contribution is 2.15. The van der Waals surface area contributed by atoms with Gasteiger partial charge < -0.3 is 19.9 Å². The fourth-order valence-corrected chi connectivity index (χ4v) is 2.70. The van der Waals surface area contributed by atoms with E-state index in [0.717, 1.165) is 37.6 Å². The van der Waals surface area contributed by atoms with E-state index in [-0.39, 0.29) is 18.3 Å². The second-order valence-corrected chi connectivity index (χ2v) is 6.31. The van der Waals surface area contributed by atoms with Crippen molar-refractivity contribution in [2.45, 2.75) is 6.54 Å². The van der Waals surface area contributed by atoms with Gasteiger partial charge >= 0.3 is 0 Å². The maximum absolute atomic E-state index is 13.4. The number of ether oxygens (including phenoxy) is 1. The zero-order valence-electron chi connectivity index (χ0n) is 14.8. The zero-order valence-corrected chi connectivity index (χ0v) is 14.8. The third-order valence-electron chi connectivity index (χ3n) is 4.32. The monoisotopic (exact) mass is 358 g/mol. The summed E-state index contributed by atoms with van der Waals surface area (Å²) in [5.74, 6) is 0.234. The molecule has 0 aliphatic carbocycles. The Morgan fingerprint density at radius 2 is 1.96 bits per heavy atom. The number of para-hydroxylation sites is 1. The minimum Gasteiger partial charge on any atom is -0.481 e. The summed E-state index contributed by atoms with van der Waals surface area (Å²) in [6.45, 7) is 4.12. The van der Waals surface area contributed by atoms with Crippen molar-refractivity contribution in [1.29, 1.82) is 0 Å². The number of aromatic nitrogens is 1. The van der Waals surface area contributed by atoms with Crippen molar-refractivity contribution in [1.82, 2.24) is 15.2 Å². The molecule has 0 radical (unpaired) electrons. The van der Waals surface area contributed by atoms with Gasteiger partial charge in [-0.3, -0.25) is 4.79 Å². The summed E-state index contributed by atoms with van der Waals surface area (Å²) in [5.41, 5.74) is 0.905. The Kier molecular flexibility index (Phi) is 6.01. The zero-order chi connectivity index (χ0) is 18.4. The number of amides is 1. The van der Waals surface area contributed by atoms with Gasteiger partial charge in [0.1, 0.15) is 5.82 Å². The van der Waals surface area contributed by atoms with Gasteiger partial charge in [-0.2, -0.15) is 0 Å². The lowest BCUT2D eigenvalue weighted by atomic mass is 10.2. The standard InChI is InChI=1S/C19H23FN4O2/c1-23-8-10-24(11-9-23)18-7-6-15(12-21-18)13-22-19(25)14-26-17-5-3-2-4-16(17)20/h2-7,12H,8-11,13-14H2,1H3,(H,22,25). The van der Waals surface area contributed by atoms with Crippen LogP contribution in [-0.2, 0) is 11.3 Å². The maximum Gasteiger partial charge on any atom is 0.258 e. The summed E-state index contributed by atoms with van der Waals surface area (Å²) in [7, 11) is 2.12. The van der Waals surface area contributed by atoms with E-state index in [9.17, 15) is 9.18 Å². The van der Waals surface area contributed by atoms with Crippen LogP contribution in [0.2, 0.25) is 0 Å². The molecule has 3 rings (SSSR count). The smallest absolute Gasteiger partial charge is 0.258 e. The van der Waals surface area contributed by atoms with Crippen molar-refractivity contribution >= 4 is 11.7 Å². The minimum absolute atomic E-state index is 0.0702. The predicted octanol–water partition coefficient (Wildman–Crippen LogP) is 1.67. The highest BCUT2D eigenvalue weighted by molar-refractivity contribution is 5.77. The Balaban J connectivity index is 1.44. The first-order valence-electron chi connectivity index (χ1n) is 8.64. The molecule has 1 amide bonds. The molecule has 1 aromatic carbocycles. The molecule has 2 heterocycles. The SMILES string of the molecule is CN1CCN(c2ccc(CNC(=O)COc3ccccc3F)cn2)CC1. The van der Waals surface area contributed by atoms with Gasteiger partial charge in [-0.1, -0.05) is 18.2 Å². The number of likely N-dealkylation sites (N-methyl/N-ethyl adjacent to an activating group) is 1. The molecule has 0 bridgehead atoms. The molecule has 1 N–H and O–H groups in total. The Hall–Kier alpha value is -2.67. The number of carbonyl (C=O) groups is 1. The van der Waals surface area contributed by atoms with Gasteiger partial charge in [-0.05, 0) is 30.8 Å². The van der Waals surface area contributed by atoms with Crippen LogP contribution in [0, 0.1) is 5.82 Å². The summed E-state index contributed by atoms with van der Waals surface area (Å²) in [6.07, 6.45) is 1.77. The van der Waals surface area contributed by atoms with Crippen LogP contribution in [0.4, 0.5) is 10.2 Å². The van der Waals surface area contributed by atoms with Crippen LogP contribution < -0.4 is 15.0 Å². The molecular formula is C19H23FN4O2. The van der Waals surface area contributed by atoms with E-state index < -0.39 is 5.82 Å². The highest BCUT2D eigenvalue weighted by atomic mass is 19.1. The Bertz CT molecular complexity index is 731. The summed E-state index contributed by atoms with van der Waals surface area (Å²) in [6, 6.07) is 9.94. The van der Waals surface area contributed by atoms with E-state index in [4.69, 9.17) is 4.74 Å². The molecule has 138 valence electrons. The number of benzene rings is 1. The lowest BCUT2D eigenvalue weighted by Gasteiger charge is -2.33. The molecule has 26 heavy (non-hydrogen) atoms. The molecule has 0 unspecified atom stereocenters. The number of hydrogen-bond acceptors (Lipinski definition) is 5. The number of halogens is 1. The third-order valence-corrected chi connectivity index (χ3v) is 4.32. The summed E-state index contributed by atoms with van der Waals surface area (Å²) in [5, 5.41) is 2.75. The van der Waals surface area contributed by atoms with Crippen LogP contribution in [-0.4, -0.2) is 55.6 Å². The average molecular weight is 358 g/mol. The van der Waals surface area contributed by atoms with Crippen molar-refractivity contribution in [2.75, 3.05) is 44.7 Å². The molecule has 1 aromatic heterocycles. The lowest BCUT2D eigenvalue weighted by Crippen LogP contribution is -2.44. The Morgan fingerprint density at radius 3 is 2.65 bits per heavy atom. The summed E-state index contributed by atoms with van der Waals surface area (Å²) < 4.78 is 18.6. The molecule has 2 aromatic rings. The van der Waals surface area contributed by atoms with E-state index >= 15 is 0 Å². The van der Waals surface area contributed by atoms with Crippen LogP contribution in [0.5, 0.6) is 5.75 Å². The van der Waals surface area contributed by atoms with Gasteiger partial charge in [-0.15, -0.1) is 0 Å². The van der Waals surface area contributed by atoms with Crippen LogP contribution in [0.15, 0.2) is 42.6 Å². The summed E-state index contributed by atoms with van der Waals surface area (Å²) >= 11 is 0. The van der Waals surface area contributed by atoms with Crippen molar-refractivity contribution in [3.63, 3.8) is 0 Å². The number of piperazine rings is 1. The first-order chi connectivity index (χ1) is 12.6. The Labute approximate surface area is 152 Å². The number of carbonyl (C=O) groups excluding carboxylic acids is 1. The number of rotatable bonds is 6. The second kappa shape index (κ2) is 8.62. The molecule has 1 fully saturated rings. The molecule has 0 spiro atoms. The molecule has 1 aliphatic rings. The molecule has 7 heteroatoms. The fourth-order valence-electron chi connectivity index (χ4n) is 2.70. The normalized spacial score (nSPS) is 14.9. The topological polar surface area (TPSA) is 57.7 Å². The van der Waals surface area contributed by atoms with Crippen LogP contribution in [0.1, 0.15) is 5.56 Å². The summed E-state index contributed by atoms with van der Waals surface area (Å²) in [4.78, 5) is 20.9. The number of pyridine rings is 1. The first kappa shape index (κ1) is 18.1. The number of anilines is 1. The largest absolute Gasteiger partial charge is 0.481 e. The second-order valence-electron chi connectivity index (χ2n) is 6.31. The molecule has 1 saturated heterocycles. The van der Waals surface area contributed by atoms with Gasteiger partial charge in [0.25, 0.3) is 5.91 Å². The number of hydrogen-bond donors (Lipinski definition) is 1. The first-order valence-corrected chi connectivity index (χ1v) is 8.64. The van der Waals surface area contributed by atoms with Crippen LogP contribution in [0.3, 0.4) is 0 Å². The quantitative estimate of drug-likeness (QED) is 0.851. The van der Waals surface area contributed by atoms with E-state index in [2.05, 4.69) is 27.1 Å². The lowest BCUT2D eigenvalue weighted by molar-refractivity contribution is -0.123. The highest BCUT2D eigenvalue weighted by Gasteiger charge is 2.15. The van der Waals surface area contributed by atoms with Gasteiger partial charge in [-0.25, -0.2) is 9.37 Å². The maximum atomic E-state index is 13.4. The predicted molar refractivity (Wildman–Crippen MR) is 97.7 cm³/mol. The van der Waals surface area contributed by atoms with Crippen molar-refractivity contribution in [2.24, 2.45) is 0 Å². The van der Waals surface area contributed by atoms with E-state index in [1.165, 1.54) is 12.1 Å². The van der Waals surface area contributed by atoms with Crippen molar-refractivity contribution < 1.29 is 13.9 Å². The molecule has 6 nitrogen and oxygen atoms in total. The third kappa shape index (κ3) is 4.92. The van der Waals surface area contributed by atoms with Gasteiger partial charge in [0.05, 0.1) is 0 Å². The van der Waals surface area contributed by atoms with E-state index in [0.29, 0.717) is 6.54 Å². The van der Waals surface area contributed by atoms with Crippen LogP contribution in [0.25, 0.3) is 0 Å². The van der Waals surface area contributed by atoms with Gasteiger partial charge in [0, 0.05) is 38.9 Å². The fraction of sp³-hybridized carbons (Fsp3) is 0.368. The number of nitrogens with zero attached hydrogens (tertiary/aromatic N) is 3. The van der Waals surface area contributed by atoms with E-state index in [1.54, 1.807) is 18.3 Å². The molecule has 0 saturated carbocycles.